The molecule has 174 valence electrons. The monoisotopic (exact) mass is 449 g/mol. The number of anilines is 1. The Bertz CT molecular complexity index is 747. The molecule has 0 radical (unpaired) electrons. The molecular formula is C25H39NO4S. The van der Waals surface area contributed by atoms with Crippen molar-refractivity contribution in [3.63, 3.8) is 0 Å². The first-order chi connectivity index (χ1) is 14.7. The fourth-order valence-corrected chi connectivity index (χ4v) is 4.34. The minimum absolute atomic E-state index is 0.0174. The number of unbranched alkanes of at least 4 members (excludes halogenated alkanes) is 6. The lowest BCUT2D eigenvalue weighted by Crippen LogP contribution is -2.46. The van der Waals surface area contributed by atoms with E-state index in [4.69, 9.17) is 4.74 Å². The Morgan fingerprint density at radius 3 is 2.16 bits per heavy atom. The van der Waals surface area contributed by atoms with Crippen LogP contribution in [0.3, 0.4) is 0 Å². The van der Waals surface area contributed by atoms with Crippen LogP contribution in [0.2, 0.25) is 0 Å². The minimum Gasteiger partial charge on any atom is -0.467 e. The quantitative estimate of drug-likeness (QED) is 0.277. The number of aryl methyl sites for hydroxylation is 2. The van der Waals surface area contributed by atoms with Crippen LogP contribution in [-0.4, -0.2) is 35.9 Å². The molecule has 0 aliphatic rings. The summed E-state index contributed by atoms with van der Waals surface area (Å²) in [5.74, 6) is -0.718. The zero-order valence-corrected chi connectivity index (χ0v) is 20.9. The van der Waals surface area contributed by atoms with E-state index in [1.807, 2.05) is 32.9 Å². The van der Waals surface area contributed by atoms with E-state index in [0.717, 1.165) is 53.4 Å². The largest absolute Gasteiger partial charge is 0.467 e. The van der Waals surface area contributed by atoms with Gasteiger partial charge in [0.15, 0.2) is 5.12 Å². The summed E-state index contributed by atoms with van der Waals surface area (Å²) in [6.07, 6.45) is 8.56. The Morgan fingerprint density at radius 2 is 1.55 bits per heavy atom. The van der Waals surface area contributed by atoms with E-state index in [1.165, 1.54) is 37.7 Å². The third-order valence-electron chi connectivity index (χ3n) is 5.68. The van der Waals surface area contributed by atoms with Crippen LogP contribution in [0.4, 0.5) is 5.69 Å². The van der Waals surface area contributed by atoms with Crippen LogP contribution in [0.25, 0.3) is 0 Å². The van der Waals surface area contributed by atoms with Gasteiger partial charge in [-0.05, 0) is 50.8 Å². The highest BCUT2D eigenvalue weighted by atomic mass is 32.2. The number of carbonyl (C=O) groups is 3. The normalized spacial score (nSPS) is 11.8. The van der Waals surface area contributed by atoms with Crippen molar-refractivity contribution in [2.24, 2.45) is 0 Å². The van der Waals surface area contributed by atoms with Crippen LogP contribution in [0, 0.1) is 20.8 Å². The number of hydrogen-bond acceptors (Lipinski definition) is 5. The van der Waals surface area contributed by atoms with E-state index in [9.17, 15) is 14.4 Å². The SMILES string of the molecule is CCCCCCCCCC(=O)SCC(=O)N(c1c(C)ccc(C)c1C)[C@@H](C)C(=O)OC. The van der Waals surface area contributed by atoms with Crippen molar-refractivity contribution in [3.05, 3.63) is 28.8 Å². The van der Waals surface area contributed by atoms with Crippen molar-refractivity contribution in [1.29, 1.82) is 0 Å². The van der Waals surface area contributed by atoms with Crippen molar-refractivity contribution in [1.82, 2.24) is 0 Å². The lowest BCUT2D eigenvalue weighted by Gasteiger charge is -2.31. The smallest absolute Gasteiger partial charge is 0.328 e. The van der Waals surface area contributed by atoms with Gasteiger partial charge >= 0.3 is 5.97 Å². The summed E-state index contributed by atoms with van der Waals surface area (Å²) in [5, 5.41) is 0.0327. The summed E-state index contributed by atoms with van der Waals surface area (Å²) in [6, 6.07) is 3.18. The second kappa shape index (κ2) is 14.3. The summed E-state index contributed by atoms with van der Waals surface area (Å²) in [6.45, 7) is 9.71. The third kappa shape index (κ3) is 8.68. The van der Waals surface area contributed by atoms with Gasteiger partial charge in [-0.2, -0.15) is 0 Å². The molecule has 6 heteroatoms. The molecule has 0 fully saturated rings. The van der Waals surface area contributed by atoms with E-state index in [-0.39, 0.29) is 16.8 Å². The van der Waals surface area contributed by atoms with E-state index in [0.29, 0.717) is 6.42 Å². The molecule has 0 N–H and O–H groups in total. The van der Waals surface area contributed by atoms with Crippen molar-refractivity contribution in [3.8, 4) is 0 Å². The fraction of sp³-hybridized carbons (Fsp3) is 0.640. The highest BCUT2D eigenvalue weighted by molar-refractivity contribution is 8.14. The Balaban J connectivity index is 2.75. The van der Waals surface area contributed by atoms with E-state index >= 15 is 0 Å². The van der Waals surface area contributed by atoms with Gasteiger partial charge in [0.1, 0.15) is 6.04 Å². The van der Waals surface area contributed by atoms with Crippen LogP contribution >= 0.6 is 11.8 Å². The molecule has 1 rings (SSSR count). The molecule has 0 bridgehead atoms. The summed E-state index contributed by atoms with van der Waals surface area (Å²) in [7, 11) is 1.32. The van der Waals surface area contributed by atoms with Crippen LogP contribution < -0.4 is 4.90 Å². The van der Waals surface area contributed by atoms with Crippen molar-refractivity contribution >= 4 is 34.4 Å². The number of esters is 1. The number of rotatable bonds is 13. The van der Waals surface area contributed by atoms with Crippen molar-refractivity contribution in [2.45, 2.75) is 92.0 Å². The fourth-order valence-electron chi connectivity index (χ4n) is 3.63. The third-order valence-corrected chi connectivity index (χ3v) is 6.60. The molecule has 0 aromatic heterocycles. The van der Waals surface area contributed by atoms with E-state index < -0.39 is 12.0 Å². The molecule has 1 aromatic carbocycles. The molecule has 31 heavy (non-hydrogen) atoms. The predicted molar refractivity (Wildman–Crippen MR) is 130 cm³/mol. The molecule has 1 atom stereocenters. The first-order valence-corrected chi connectivity index (χ1v) is 12.3. The molecule has 0 heterocycles. The molecule has 0 unspecified atom stereocenters. The number of ether oxygens (including phenoxy) is 1. The van der Waals surface area contributed by atoms with E-state index in [1.54, 1.807) is 6.92 Å². The average molecular weight is 450 g/mol. The van der Waals surface area contributed by atoms with Crippen LogP contribution in [-0.2, 0) is 19.1 Å². The molecule has 0 aliphatic carbocycles. The summed E-state index contributed by atoms with van der Waals surface area (Å²) in [5.41, 5.74) is 3.62. The topological polar surface area (TPSA) is 63.7 Å². The Labute approximate surface area is 192 Å². The predicted octanol–water partition coefficient (Wildman–Crippen LogP) is 5.91. The maximum atomic E-state index is 13.1. The van der Waals surface area contributed by atoms with Crippen LogP contribution in [0.15, 0.2) is 12.1 Å². The summed E-state index contributed by atoms with van der Waals surface area (Å²) in [4.78, 5) is 39.2. The maximum absolute atomic E-state index is 13.1. The van der Waals surface area contributed by atoms with Gasteiger partial charge in [-0.3, -0.25) is 14.5 Å². The van der Waals surface area contributed by atoms with Crippen molar-refractivity contribution in [2.75, 3.05) is 17.8 Å². The van der Waals surface area contributed by atoms with Crippen LogP contribution in [0.1, 0.15) is 81.9 Å². The summed E-state index contributed by atoms with van der Waals surface area (Å²) >= 11 is 1.05. The lowest BCUT2D eigenvalue weighted by atomic mass is 10.0. The van der Waals surface area contributed by atoms with Gasteiger partial charge in [0.25, 0.3) is 0 Å². The highest BCUT2D eigenvalue weighted by Gasteiger charge is 2.30. The second-order valence-electron chi connectivity index (χ2n) is 8.17. The molecule has 0 saturated carbocycles. The van der Waals surface area contributed by atoms with Gasteiger partial charge in [-0.25, -0.2) is 4.79 Å². The number of thioether (sulfide) groups is 1. The average Bonchev–Trinajstić information content (AvgIpc) is 2.76. The Kier molecular flexibility index (Phi) is 12.5. The zero-order valence-electron chi connectivity index (χ0n) is 20.1. The molecular weight excluding hydrogens is 410 g/mol. The Morgan fingerprint density at radius 1 is 0.968 bits per heavy atom. The van der Waals surface area contributed by atoms with Gasteiger partial charge < -0.3 is 4.74 Å². The second-order valence-corrected chi connectivity index (χ2v) is 9.20. The summed E-state index contributed by atoms with van der Waals surface area (Å²) < 4.78 is 4.89. The first-order valence-electron chi connectivity index (χ1n) is 11.4. The minimum atomic E-state index is -0.768. The van der Waals surface area contributed by atoms with Gasteiger partial charge in [-0.15, -0.1) is 0 Å². The molecule has 0 saturated heterocycles. The molecule has 5 nitrogen and oxygen atoms in total. The lowest BCUT2D eigenvalue weighted by molar-refractivity contribution is -0.142. The number of methoxy groups -OCH3 is 1. The zero-order chi connectivity index (χ0) is 23.4. The van der Waals surface area contributed by atoms with Gasteiger partial charge in [-0.1, -0.05) is 69.3 Å². The Hall–Kier alpha value is -1.82. The van der Waals surface area contributed by atoms with Crippen LogP contribution in [0.5, 0.6) is 0 Å². The van der Waals surface area contributed by atoms with Gasteiger partial charge in [0.2, 0.25) is 5.91 Å². The number of benzene rings is 1. The first kappa shape index (κ1) is 27.2. The van der Waals surface area contributed by atoms with Gasteiger partial charge in [0, 0.05) is 6.42 Å². The molecule has 1 amide bonds. The highest BCUT2D eigenvalue weighted by Crippen LogP contribution is 2.30. The standard InChI is InChI=1S/C25H39NO4S/c1-7-8-9-10-11-12-13-14-23(28)31-17-22(27)26(21(5)25(29)30-6)24-19(3)16-15-18(2)20(24)4/h15-16,21H,7-14,17H2,1-6H3/t21-/m0/s1. The van der Waals surface area contributed by atoms with Crippen molar-refractivity contribution < 1.29 is 19.1 Å². The number of nitrogens with zero attached hydrogens (tertiary/aromatic N) is 1. The van der Waals surface area contributed by atoms with E-state index in [2.05, 4.69) is 6.92 Å². The number of carbonyl (C=O) groups excluding carboxylic acids is 3. The maximum Gasteiger partial charge on any atom is 0.328 e. The number of amides is 1. The number of hydrogen-bond donors (Lipinski definition) is 0. The molecule has 1 aromatic rings. The van der Waals surface area contributed by atoms with Gasteiger partial charge in [0.05, 0.1) is 18.6 Å². The molecule has 0 aliphatic heterocycles. The molecule has 0 spiro atoms.